The molecule has 3 heteroatoms. The lowest BCUT2D eigenvalue weighted by molar-refractivity contribution is -0.153. The number of hydrogen-bond acceptors (Lipinski definition) is 3. The third-order valence-corrected chi connectivity index (χ3v) is 7.81. The number of rotatable bonds is 1. The van der Waals surface area contributed by atoms with E-state index in [4.69, 9.17) is 4.74 Å². The maximum Gasteiger partial charge on any atom is 0.183 e. The van der Waals surface area contributed by atoms with Crippen molar-refractivity contribution in [3.63, 3.8) is 0 Å². The summed E-state index contributed by atoms with van der Waals surface area (Å²) < 4.78 is 5.85. The quantitative estimate of drug-likeness (QED) is 0.573. The van der Waals surface area contributed by atoms with Crippen LogP contribution in [-0.2, 0) is 4.74 Å². The highest BCUT2D eigenvalue weighted by Gasteiger charge is 2.59. The fourth-order valence-corrected chi connectivity index (χ4v) is 6.42. The lowest BCUT2D eigenvalue weighted by Crippen LogP contribution is -2.53. The predicted molar refractivity (Wildman–Crippen MR) is 89.3 cm³/mol. The Morgan fingerprint density at radius 3 is 2.61 bits per heavy atom. The molecule has 2 fully saturated rings. The minimum absolute atomic E-state index is 0.0194. The Hall–Kier alpha value is -0.800. The van der Waals surface area contributed by atoms with E-state index in [0.29, 0.717) is 29.6 Å². The second kappa shape index (κ2) is 4.86. The lowest BCUT2D eigenvalue weighted by Gasteiger charge is -2.57. The Kier molecular flexibility index (Phi) is 3.32. The molecule has 0 aromatic heterocycles. The van der Waals surface area contributed by atoms with Gasteiger partial charge >= 0.3 is 0 Å². The molecule has 0 aromatic carbocycles. The number of ether oxygens (including phenoxy) is 1. The summed E-state index contributed by atoms with van der Waals surface area (Å²) in [5.74, 6) is 1.34. The molecule has 0 spiro atoms. The van der Waals surface area contributed by atoms with Crippen LogP contribution in [0.25, 0.3) is 0 Å². The van der Waals surface area contributed by atoms with Gasteiger partial charge in [-0.25, -0.2) is 0 Å². The Balaban J connectivity index is 1.79. The average Bonchev–Trinajstić information content (AvgIpc) is 2.89. The van der Waals surface area contributed by atoms with Crippen molar-refractivity contribution < 1.29 is 14.9 Å². The minimum Gasteiger partial charge on any atom is -0.501 e. The summed E-state index contributed by atoms with van der Waals surface area (Å²) in [5, 5.41) is 20.1. The molecule has 3 nitrogen and oxygen atoms in total. The molecule has 0 radical (unpaired) electrons. The fraction of sp³-hybridized carbons (Fsp3) is 0.800. The smallest absolute Gasteiger partial charge is 0.183 e. The molecule has 6 atom stereocenters. The first-order valence-corrected chi connectivity index (χ1v) is 9.20. The molecule has 0 saturated heterocycles. The van der Waals surface area contributed by atoms with Crippen LogP contribution in [0.1, 0.15) is 52.4 Å². The van der Waals surface area contributed by atoms with Crippen molar-refractivity contribution in [1.82, 2.24) is 0 Å². The third-order valence-electron chi connectivity index (χ3n) is 7.81. The largest absolute Gasteiger partial charge is 0.501 e. The van der Waals surface area contributed by atoms with Crippen LogP contribution >= 0.6 is 0 Å². The Morgan fingerprint density at radius 1 is 1.09 bits per heavy atom. The van der Waals surface area contributed by atoms with Gasteiger partial charge in [-0.05, 0) is 66.4 Å². The average molecular weight is 318 g/mol. The molecular weight excluding hydrogens is 288 g/mol. The van der Waals surface area contributed by atoms with E-state index in [1.807, 2.05) is 0 Å². The van der Waals surface area contributed by atoms with E-state index < -0.39 is 5.79 Å². The molecule has 128 valence electrons. The van der Waals surface area contributed by atoms with Gasteiger partial charge in [-0.3, -0.25) is 0 Å². The lowest BCUT2D eigenvalue weighted by atomic mass is 9.48. The second-order valence-corrected chi connectivity index (χ2v) is 8.99. The van der Waals surface area contributed by atoms with Crippen molar-refractivity contribution in [2.45, 2.75) is 58.2 Å². The molecular formula is C20H30O3. The zero-order valence-corrected chi connectivity index (χ0v) is 14.6. The maximum absolute atomic E-state index is 10.1. The summed E-state index contributed by atoms with van der Waals surface area (Å²) >= 11 is 0. The normalized spacial score (nSPS) is 50.6. The van der Waals surface area contributed by atoms with Crippen LogP contribution in [0.5, 0.6) is 0 Å². The molecule has 0 bridgehead atoms. The Morgan fingerprint density at radius 2 is 1.87 bits per heavy atom. The van der Waals surface area contributed by atoms with Crippen molar-refractivity contribution in [3.8, 4) is 0 Å². The van der Waals surface area contributed by atoms with E-state index in [2.05, 4.69) is 26.0 Å². The second-order valence-electron chi connectivity index (χ2n) is 8.99. The number of fused-ring (bicyclic) bond motifs is 5. The van der Waals surface area contributed by atoms with Gasteiger partial charge in [-0.1, -0.05) is 26.3 Å². The summed E-state index contributed by atoms with van der Waals surface area (Å²) in [6.45, 7) is 4.80. The number of hydrogen-bond donors (Lipinski definition) is 2. The summed E-state index contributed by atoms with van der Waals surface area (Å²) in [7, 11) is 1.79. The van der Waals surface area contributed by atoms with Crippen molar-refractivity contribution >= 4 is 0 Å². The standard InChI is InChI=1S/C20H30O3/c1-18-7-4-5-14(18)17-15(6-8-18)19(2)9-10-20(21,22)12-13(19)11-16(17)23-3/h9-11,13-15,17,21-22H,4-8,12H2,1-3H3/t13-,14+,15+,17+,18+,19+/m1/s1. The maximum atomic E-state index is 10.1. The highest BCUT2D eigenvalue weighted by Crippen LogP contribution is 2.65. The van der Waals surface area contributed by atoms with Crippen LogP contribution in [0.15, 0.2) is 24.0 Å². The van der Waals surface area contributed by atoms with Crippen molar-refractivity contribution in [2.75, 3.05) is 7.11 Å². The number of aliphatic hydroxyl groups is 2. The van der Waals surface area contributed by atoms with Gasteiger partial charge in [-0.2, -0.15) is 0 Å². The van der Waals surface area contributed by atoms with E-state index in [1.165, 1.54) is 32.1 Å². The first-order chi connectivity index (χ1) is 10.8. The van der Waals surface area contributed by atoms with Crippen LogP contribution in [0.2, 0.25) is 0 Å². The third kappa shape index (κ3) is 2.16. The fourth-order valence-electron chi connectivity index (χ4n) is 6.42. The predicted octanol–water partition coefficient (Wildman–Crippen LogP) is 3.63. The zero-order chi connectivity index (χ0) is 16.5. The van der Waals surface area contributed by atoms with Crippen LogP contribution in [0, 0.1) is 34.5 Å². The molecule has 23 heavy (non-hydrogen) atoms. The van der Waals surface area contributed by atoms with Crippen molar-refractivity contribution in [2.24, 2.45) is 34.5 Å². The SMILES string of the molecule is COC1=C[C@@H]2CC(O)(O)C=C[C@]2(C)[C@H]2CC[C@]3(C)CCC[C@H]3[C@H]12. The Labute approximate surface area is 139 Å². The Bertz CT molecular complexity index is 563. The summed E-state index contributed by atoms with van der Waals surface area (Å²) in [6, 6.07) is 0. The van der Waals surface area contributed by atoms with Crippen LogP contribution < -0.4 is 0 Å². The molecule has 0 aromatic rings. The molecule has 2 saturated carbocycles. The van der Waals surface area contributed by atoms with Crippen molar-refractivity contribution in [1.29, 1.82) is 0 Å². The highest BCUT2D eigenvalue weighted by molar-refractivity contribution is 5.27. The zero-order valence-electron chi connectivity index (χ0n) is 14.6. The number of methoxy groups -OCH3 is 1. The van der Waals surface area contributed by atoms with Gasteiger partial charge < -0.3 is 14.9 Å². The topological polar surface area (TPSA) is 49.7 Å². The molecule has 0 aliphatic heterocycles. The van der Waals surface area contributed by atoms with Gasteiger partial charge in [0.05, 0.1) is 12.9 Å². The molecule has 0 amide bonds. The molecule has 4 aliphatic carbocycles. The van der Waals surface area contributed by atoms with Crippen LogP contribution in [-0.4, -0.2) is 23.1 Å². The summed E-state index contributed by atoms with van der Waals surface area (Å²) in [4.78, 5) is 0. The monoisotopic (exact) mass is 318 g/mol. The first kappa shape index (κ1) is 15.7. The minimum atomic E-state index is -1.68. The molecule has 0 heterocycles. The summed E-state index contributed by atoms with van der Waals surface area (Å²) in [6.07, 6.45) is 12.8. The van der Waals surface area contributed by atoms with Crippen LogP contribution in [0.4, 0.5) is 0 Å². The molecule has 2 N–H and O–H groups in total. The molecule has 0 unspecified atom stereocenters. The van der Waals surface area contributed by atoms with E-state index in [-0.39, 0.29) is 11.3 Å². The van der Waals surface area contributed by atoms with Gasteiger partial charge in [0.1, 0.15) is 0 Å². The van der Waals surface area contributed by atoms with Gasteiger partial charge in [0, 0.05) is 12.3 Å². The first-order valence-electron chi connectivity index (χ1n) is 9.20. The van der Waals surface area contributed by atoms with E-state index in [1.54, 1.807) is 13.2 Å². The van der Waals surface area contributed by atoms with Gasteiger partial charge in [0.15, 0.2) is 5.79 Å². The summed E-state index contributed by atoms with van der Waals surface area (Å²) in [5.41, 5.74) is 0.490. The van der Waals surface area contributed by atoms with Gasteiger partial charge in [-0.15, -0.1) is 0 Å². The van der Waals surface area contributed by atoms with Crippen LogP contribution in [0.3, 0.4) is 0 Å². The van der Waals surface area contributed by atoms with E-state index in [0.717, 1.165) is 5.76 Å². The van der Waals surface area contributed by atoms with E-state index >= 15 is 0 Å². The van der Waals surface area contributed by atoms with Gasteiger partial charge in [0.25, 0.3) is 0 Å². The number of allylic oxidation sites excluding steroid dienone is 3. The van der Waals surface area contributed by atoms with Gasteiger partial charge in [0.2, 0.25) is 0 Å². The van der Waals surface area contributed by atoms with E-state index in [9.17, 15) is 10.2 Å². The highest BCUT2D eigenvalue weighted by atomic mass is 16.5. The van der Waals surface area contributed by atoms with Crippen molar-refractivity contribution in [3.05, 3.63) is 24.0 Å². The molecule has 4 aliphatic rings. The molecule has 4 rings (SSSR count).